The third-order valence-corrected chi connectivity index (χ3v) is 6.67. The fourth-order valence-corrected chi connectivity index (χ4v) is 4.56. The number of nitrogens with one attached hydrogen (secondary N) is 3. The number of rotatable bonds is 6. The molecular formula is C23H20ClN5O4S. The molecule has 9 nitrogen and oxygen atoms in total. The number of hydrogen-bond acceptors (Lipinski definition) is 5. The lowest BCUT2D eigenvalue weighted by Crippen LogP contribution is -2.44. The molecule has 0 radical (unpaired) electrons. The third kappa shape index (κ3) is 5.03. The molecule has 1 atom stereocenters. The normalized spacial score (nSPS) is 12.2. The van der Waals surface area contributed by atoms with Crippen LogP contribution in [-0.2, 0) is 14.8 Å². The summed E-state index contributed by atoms with van der Waals surface area (Å²) in [6, 6.07) is 18.4. The van der Waals surface area contributed by atoms with Crippen LogP contribution in [0.1, 0.15) is 23.3 Å². The summed E-state index contributed by atoms with van der Waals surface area (Å²) in [5.74, 6) is -1.14. The van der Waals surface area contributed by atoms with E-state index in [4.69, 9.17) is 11.6 Å². The molecule has 0 fully saturated rings. The second-order valence-corrected chi connectivity index (χ2v) is 9.52. The molecule has 2 amide bonds. The minimum absolute atomic E-state index is 0.0509. The Balaban J connectivity index is 1.43. The van der Waals surface area contributed by atoms with Crippen molar-refractivity contribution in [1.82, 2.24) is 20.4 Å². The van der Waals surface area contributed by atoms with Crippen molar-refractivity contribution in [3.63, 3.8) is 0 Å². The van der Waals surface area contributed by atoms with Gasteiger partial charge in [0.1, 0.15) is 6.04 Å². The van der Waals surface area contributed by atoms with Crippen molar-refractivity contribution in [2.75, 3.05) is 4.72 Å². The van der Waals surface area contributed by atoms with E-state index in [2.05, 4.69) is 20.6 Å². The smallest absolute Gasteiger partial charge is 0.269 e. The molecule has 1 unspecified atom stereocenters. The molecule has 3 aromatic carbocycles. The van der Waals surface area contributed by atoms with Crippen molar-refractivity contribution < 1.29 is 18.0 Å². The number of amides is 2. The summed E-state index contributed by atoms with van der Waals surface area (Å²) in [6.07, 6.45) is 1.55. The van der Waals surface area contributed by atoms with Gasteiger partial charge in [-0.05, 0) is 55.5 Å². The SMILES string of the molecule is CC(C(=O)NNC(=O)c1cccc(S(=O)(=O)Nc2cccc(Cl)c2)c1)n1cnc2ccccc21. The van der Waals surface area contributed by atoms with Gasteiger partial charge in [-0.2, -0.15) is 0 Å². The average molecular weight is 498 g/mol. The van der Waals surface area contributed by atoms with Crippen LogP contribution in [-0.4, -0.2) is 29.8 Å². The first-order chi connectivity index (χ1) is 16.2. The summed E-state index contributed by atoms with van der Waals surface area (Å²) < 4.78 is 29.5. The van der Waals surface area contributed by atoms with Gasteiger partial charge in [0.05, 0.1) is 27.9 Å². The van der Waals surface area contributed by atoms with Crippen LogP contribution in [0, 0.1) is 0 Å². The quantitative estimate of drug-likeness (QED) is 0.352. The van der Waals surface area contributed by atoms with E-state index in [0.29, 0.717) is 5.02 Å². The maximum atomic E-state index is 12.7. The number of carbonyl (C=O) groups is 2. The highest BCUT2D eigenvalue weighted by molar-refractivity contribution is 7.92. The molecule has 4 rings (SSSR count). The van der Waals surface area contributed by atoms with Crippen molar-refractivity contribution >= 4 is 50.2 Å². The van der Waals surface area contributed by atoms with Crippen LogP contribution in [0.4, 0.5) is 5.69 Å². The van der Waals surface area contributed by atoms with Crippen LogP contribution < -0.4 is 15.6 Å². The van der Waals surface area contributed by atoms with Crippen molar-refractivity contribution in [2.45, 2.75) is 17.9 Å². The predicted molar refractivity (Wildman–Crippen MR) is 129 cm³/mol. The van der Waals surface area contributed by atoms with E-state index < -0.39 is 27.9 Å². The summed E-state index contributed by atoms with van der Waals surface area (Å²) in [7, 11) is -3.97. The third-order valence-electron chi connectivity index (χ3n) is 5.06. The number of carbonyl (C=O) groups excluding carboxylic acids is 2. The lowest BCUT2D eigenvalue weighted by atomic mass is 10.2. The first-order valence-electron chi connectivity index (χ1n) is 10.1. The van der Waals surface area contributed by atoms with Crippen molar-refractivity contribution in [3.05, 3.63) is 89.7 Å². The Morgan fingerprint density at radius 1 is 0.971 bits per heavy atom. The van der Waals surface area contributed by atoms with E-state index in [1.165, 1.54) is 30.3 Å². The van der Waals surface area contributed by atoms with Crippen LogP contribution in [0.5, 0.6) is 0 Å². The van der Waals surface area contributed by atoms with Crippen molar-refractivity contribution in [3.8, 4) is 0 Å². The number of para-hydroxylation sites is 2. The lowest BCUT2D eigenvalue weighted by molar-refractivity contribution is -0.124. The molecule has 4 aromatic rings. The van der Waals surface area contributed by atoms with Gasteiger partial charge in [-0.15, -0.1) is 0 Å². The number of benzene rings is 3. The Labute approximate surface area is 200 Å². The van der Waals surface area contributed by atoms with Gasteiger partial charge in [-0.3, -0.25) is 25.2 Å². The molecule has 11 heteroatoms. The topological polar surface area (TPSA) is 122 Å². The minimum Gasteiger partial charge on any atom is -0.318 e. The van der Waals surface area contributed by atoms with Gasteiger partial charge in [0, 0.05) is 10.6 Å². The van der Waals surface area contributed by atoms with Gasteiger partial charge in [0.25, 0.3) is 21.8 Å². The number of nitrogens with zero attached hydrogens (tertiary/aromatic N) is 2. The second-order valence-electron chi connectivity index (χ2n) is 7.40. The number of halogens is 1. The first kappa shape index (κ1) is 23.3. The van der Waals surface area contributed by atoms with Crippen LogP contribution in [0.3, 0.4) is 0 Å². The van der Waals surface area contributed by atoms with E-state index in [1.54, 1.807) is 36.0 Å². The highest BCUT2D eigenvalue weighted by Crippen LogP contribution is 2.20. The molecule has 3 N–H and O–H groups in total. The summed E-state index contributed by atoms with van der Waals surface area (Å²) in [4.78, 5) is 29.3. The maximum absolute atomic E-state index is 12.7. The lowest BCUT2D eigenvalue weighted by Gasteiger charge is -2.15. The van der Waals surface area contributed by atoms with Crippen LogP contribution >= 0.6 is 11.6 Å². The fraction of sp³-hybridized carbons (Fsp3) is 0.0870. The molecule has 0 bridgehead atoms. The Kier molecular flexibility index (Phi) is 6.53. The molecule has 0 aliphatic heterocycles. The Morgan fingerprint density at radius 2 is 1.74 bits per heavy atom. The van der Waals surface area contributed by atoms with E-state index in [9.17, 15) is 18.0 Å². The number of imidazole rings is 1. The largest absolute Gasteiger partial charge is 0.318 e. The van der Waals surface area contributed by atoms with Crippen molar-refractivity contribution in [2.24, 2.45) is 0 Å². The minimum atomic E-state index is -3.97. The Bertz CT molecular complexity index is 1490. The molecule has 0 aliphatic carbocycles. The first-order valence-corrected chi connectivity index (χ1v) is 12.0. The van der Waals surface area contributed by atoms with Crippen molar-refractivity contribution in [1.29, 1.82) is 0 Å². The predicted octanol–water partition coefficient (Wildman–Crippen LogP) is 3.51. The molecule has 0 saturated carbocycles. The van der Waals surface area contributed by atoms with Crippen LogP contribution in [0.25, 0.3) is 11.0 Å². The maximum Gasteiger partial charge on any atom is 0.269 e. The van der Waals surface area contributed by atoms with E-state index in [0.717, 1.165) is 11.0 Å². The summed E-state index contributed by atoms with van der Waals surface area (Å²) in [5.41, 5.74) is 6.56. The highest BCUT2D eigenvalue weighted by Gasteiger charge is 2.20. The second kappa shape index (κ2) is 9.54. The summed E-state index contributed by atoms with van der Waals surface area (Å²) in [5, 5.41) is 0.377. The number of aromatic nitrogens is 2. The fourth-order valence-electron chi connectivity index (χ4n) is 3.28. The molecule has 0 saturated heterocycles. The number of fused-ring (bicyclic) bond motifs is 1. The van der Waals surface area contributed by atoms with Gasteiger partial charge in [0.2, 0.25) is 0 Å². The molecule has 174 valence electrons. The monoisotopic (exact) mass is 497 g/mol. The van der Waals surface area contributed by atoms with Crippen LogP contribution in [0.15, 0.2) is 84.0 Å². The van der Waals surface area contributed by atoms with Gasteiger partial charge in [-0.25, -0.2) is 13.4 Å². The number of anilines is 1. The standard InChI is InChI=1S/C23H20ClN5O4S/c1-15(29-14-25-20-10-2-3-11-21(20)29)22(30)26-27-23(31)16-6-4-9-19(12-16)34(32,33)28-18-8-5-7-17(24)13-18/h2-15,28H,1H3,(H,26,30)(H,27,31). The van der Waals surface area contributed by atoms with Gasteiger partial charge in [-0.1, -0.05) is 35.9 Å². The van der Waals surface area contributed by atoms with Gasteiger partial charge < -0.3 is 4.57 Å². The zero-order valence-corrected chi connectivity index (χ0v) is 19.5. The molecule has 0 spiro atoms. The highest BCUT2D eigenvalue weighted by atomic mass is 35.5. The molecule has 0 aliphatic rings. The average Bonchev–Trinajstić information content (AvgIpc) is 3.26. The number of sulfonamides is 1. The molecule has 34 heavy (non-hydrogen) atoms. The Morgan fingerprint density at radius 3 is 2.53 bits per heavy atom. The molecular weight excluding hydrogens is 478 g/mol. The van der Waals surface area contributed by atoms with E-state index in [1.807, 2.05) is 24.3 Å². The summed E-state index contributed by atoms with van der Waals surface area (Å²) in [6.45, 7) is 1.67. The number of hydrogen-bond donors (Lipinski definition) is 3. The zero-order valence-electron chi connectivity index (χ0n) is 17.9. The molecule has 1 heterocycles. The van der Waals surface area contributed by atoms with E-state index >= 15 is 0 Å². The zero-order chi connectivity index (χ0) is 24.3. The number of hydrazine groups is 1. The Hall–Kier alpha value is -3.89. The van der Waals surface area contributed by atoms with Gasteiger partial charge in [0.15, 0.2) is 0 Å². The van der Waals surface area contributed by atoms with E-state index in [-0.39, 0.29) is 16.1 Å². The van der Waals surface area contributed by atoms with Crippen LogP contribution in [0.2, 0.25) is 5.02 Å². The molecule has 1 aromatic heterocycles. The van der Waals surface area contributed by atoms with Gasteiger partial charge >= 0.3 is 0 Å². The summed E-state index contributed by atoms with van der Waals surface area (Å²) >= 11 is 5.90.